The van der Waals surface area contributed by atoms with E-state index in [1.165, 1.54) is 5.56 Å². The van der Waals surface area contributed by atoms with Gasteiger partial charge >= 0.3 is 0 Å². The van der Waals surface area contributed by atoms with Gasteiger partial charge in [-0.15, -0.1) is 0 Å². The Labute approximate surface area is 119 Å². The van der Waals surface area contributed by atoms with Crippen molar-refractivity contribution in [2.75, 3.05) is 0 Å². The molecule has 0 saturated heterocycles. The molecule has 3 nitrogen and oxygen atoms in total. The number of hydrogen-bond acceptors (Lipinski definition) is 3. The lowest BCUT2D eigenvalue weighted by Crippen LogP contribution is -1.82. The van der Waals surface area contributed by atoms with Gasteiger partial charge in [-0.25, -0.2) is 0 Å². The summed E-state index contributed by atoms with van der Waals surface area (Å²) in [5, 5.41) is 4.03. The standard InChI is InChI=1S/C15H11BrN2O/c1-10-3-2-4-12(9-10)14-17-15(19-18-14)11-5-7-13(16)8-6-11/h2-9H,1H3. The van der Waals surface area contributed by atoms with Crippen molar-refractivity contribution in [2.24, 2.45) is 0 Å². The van der Waals surface area contributed by atoms with E-state index in [1.54, 1.807) is 0 Å². The van der Waals surface area contributed by atoms with Crippen molar-refractivity contribution >= 4 is 15.9 Å². The van der Waals surface area contributed by atoms with E-state index in [-0.39, 0.29) is 0 Å². The van der Waals surface area contributed by atoms with Crippen LogP contribution < -0.4 is 0 Å². The smallest absolute Gasteiger partial charge is 0.258 e. The molecule has 2 aromatic carbocycles. The van der Waals surface area contributed by atoms with Crippen LogP contribution in [0.15, 0.2) is 57.5 Å². The van der Waals surface area contributed by atoms with Crippen molar-refractivity contribution in [3.8, 4) is 22.8 Å². The molecule has 19 heavy (non-hydrogen) atoms. The van der Waals surface area contributed by atoms with E-state index in [0.29, 0.717) is 11.7 Å². The lowest BCUT2D eigenvalue weighted by Gasteiger charge is -1.95. The zero-order valence-corrected chi connectivity index (χ0v) is 11.9. The Morgan fingerprint density at radius 3 is 2.53 bits per heavy atom. The maximum atomic E-state index is 5.31. The van der Waals surface area contributed by atoms with Gasteiger partial charge in [-0.3, -0.25) is 0 Å². The molecule has 0 unspecified atom stereocenters. The summed E-state index contributed by atoms with van der Waals surface area (Å²) >= 11 is 3.40. The van der Waals surface area contributed by atoms with Crippen LogP contribution in [0.5, 0.6) is 0 Å². The SMILES string of the molecule is Cc1cccc(-c2noc(-c3ccc(Br)cc3)n2)c1. The average molecular weight is 315 g/mol. The number of nitrogens with zero attached hydrogens (tertiary/aromatic N) is 2. The Balaban J connectivity index is 1.97. The molecule has 0 spiro atoms. The second-order valence-electron chi connectivity index (χ2n) is 4.30. The zero-order valence-electron chi connectivity index (χ0n) is 10.3. The summed E-state index contributed by atoms with van der Waals surface area (Å²) in [6.45, 7) is 2.04. The van der Waals surface area contributed by atoms with Gasteiger partial charge in [-0.2, -0.15) is 4.98 Å². The predicted octanol–water partition coefficient (Wildman–Crippen LogP) is 4.47. The topological polar surface area (TPSA) is 38.9 Å². The minimum Gasteiger partial charge on any atom is -0.334 e. The third-order valence-electron chi connectivity index (χ3n) is 2.79. The molecule has 0 N–H and O–H groups in total. The van der Waals surface area contributed by atoms with Gasteiger partial charge in [-0.05, 0) is 37.3 Å². The molecular formula is C15H11BrN2O. The van der Waals surface area contributed by atoms with Crippen LogP contribution in [0.3, 0.4) is 0 Å². The molecule has 0 aliphatic rings. The van der Waals surface area contributed by atoms with Crippen LogP contribution in [0.1, 0.15) is 5.56 Å². The number of benzene rings is 2. The Bertz CT molecular complexity index is 704. The summed E-state index contributed by atoms with van der Waals surface area (Å²) in [7, 11) is 0. The maximum absolute atomic E-state index is 5.31. The highest BCUT2D eigenvalue weighted by Crippen LogP contribution is 2.23. The monoisotopic (exact) mass is 314 g/mol. The predicted molar refractivity (Wildman–Crippen MR) is 77.6 cm³/mol. The normalized spacial score (nSPS) is 10.6. The van der Waals surface area contributed by atoms with E-state index in [1.807, 2.05) is 55.5 Å². The summed E-state index contributed by atoms with van der Waals surface area (Å²) < 4.78 is 6.33. The Kier molecular flexibility index (Phi) is 3.17. The second kappa shape index (κ2) is 4.97. The largest absolute Gasteiger partial charge is 0.334 e. The molecule has 3 rings (SSSR count). The van der Waals surface area contributed by atoms with Crippen molar-refractivity contribution in [3.05, 3.63) is 58.6 Å². The summed E-state index contributed by atoms with van der Waals surface area (Å²) in [5.74, 6) is 1.14. The van der Waals surface area contributed by atoms with Gasteiger partial charge in [0.2, 0.25) is 5.82 Å². The van der Waals surface area contributed by atoms with Crippen LogP contribution in [0.2, 0.25) is 0 Å². The number of halogens is 1. The van der Waals surface area contributed by atoms with Crippen molar-refractivity contribution in [1.82, 2.24) is 10.1 Å². The highest BCUT2D eigenvalue weighted by atomic mass is 79.9. The summed E-state index contributed by atoms with van der Waals surface area (Å²) in [4.78, 5) is 4.43. The fourth-order valence-electron chi connectivity index (χ4n) is 1.83. The molecule has 94 valence electrons. The Morgan fingerprint density at radius 2 is 1.79 bits per heavy atom. The van der Waals surface area contributed by atoms with Gasteiger partial charge in [0.15, 0.2) is 0 Å². The molecule has 0 aliphatic heterocycles. The van der Waals surface area contributed by atoms with Gasteiger partial charge in [0.25, 0.3) is 5.89 Å². The third kappa shape index (κ3) is 2.58. The van der Waals surface area contributed by atoms with Gasteiger partial charge in [-0.1, -0.05) is 44.8 Å². The molecule has 0 amide bonds. The molecule has 0 fully saturated rings. The first-order chi connectivity index (χ1) is 9.22. The van der Waals surface area contributed by atoms with Gasteiger partial charge in [0.05, 0.1) is 0 Å². The molecule has 1 aromatic heterocycles. The highest BCUT2D eigenvalue weighted by molar-refractivity contribution is 9.10. The first-order valence-electron chi connectivity index (χ1n) is 5.89. The van der Waals surface area contributed by atoms with E-state index in [9.17, 15) is 0 Å². The van der Waals surface area contributed by atoms with Crippen LogP contribution in [0.4, 0.5) is 0 Å². The van der Waals surface area contributed by atoms with E-state index >= 15 is 0 Å². The second-order valence-corrected chi connectivity index (χ2v) is 5.22. The number of aryl methyl sites for hydroxylation is 1. The summed E-state index contributed by atoms with van der Waals surface area (Å²) in [5.41, 5.74) is 3.05. The van der Waals surface area contributed by atoms with E-state index in [2.05, 4.69) is 26.1 Å². The molecule has 0 aliphatic carbocycles. The molecule has 0 radical (unpaired) electrons. The molecule has 0 bridgehead atoms. The first-order valence-corrected chi connectivity index (χ1v) is 6.68. The minimum absolute atomic E-state index is 0.531. The maximum Gasteiger partial charge on any atom is 0.258 e. The van der Waals surface area contributed by atoms with E-state index < -0.39 is 0 Å². The van der Waals surface area contributed by atoms with E-state index in [4.69, 9.17) is 4.52 Å². The number of hydrogen-bond donors (Lipinski definition) is 0. The lowest BCUT2D eigenvalue weighted by molar-refractivity contribution is 0.432. The molecule has 3 aromatic rings. The van der Waals surface area contributed by atoms with Crippen LogP contribution in [-0.2, 0) is 0 Å². The third-order valence-corrected chi connectivity index (χ3v) is 3.32. The summed E-state index contributed by atoms with van der Waals surface area (Å²) in [6, 6.07) is 15.8. The van der Waals surface area contributed by atoms with Crippen LogP contribution in [0, 0.1) is 6.92 Å². The quantitative estimate of drug-likeness (QED) is 0.700. The minimum atomic E-state index is 0.531. The molecule has 1 heterocycles. The van der Waals surface area contributed by atoms with Crippen LogP contribution in [-0.4, -0.2) is 10.1 Å². The van der Waals surface area contributed by atoms with Crippen molar-refractivity contribution < 1.29 is 4.52 Å². The highest BCUT2D eigenvalue weighted by Gasteiger charge is 2.10. The summed E-state index contributed by atoms with van der Waals surface area (Å²) in [6.07, 6.45) is 0. The number of aromatic nitrogens is 2. The molecule has 0 atom stereocenters. The Hall–Kier alpha value is -1.94. The van der Waals surface area contributed by atoms with E-state index in [0.717, 1.165) is 15.6 Å². The Morgan fingerprint density at radius 1 is 1.00 bits per heavy atom. The lowest BCUT2D eigenvalue weighted by atomic mass is 10.1. The number of rotatable bonds is 2. The van der Waals surface area contributed by atoms with Crippen LogP contribution in [0.25, 0.3) is 22.8 Å². The van der Waals surface area contributed by atoms with Crippen LogP contribution >= 0.6 is 15.9 Å². The first kappa shape index (κ1) is 12.1. The molecule has 4 heteroatoms. The van der Waals surface area contributed by atoms with Gasteiger partial charge in [0, 0.05) is 15.6 Å². The fraction of sp³-hybridized carbons (Fsp3) is 0.0667. The van der Waals surface area contributed by atoms with Gasteiger partial charge in [0.1, 0.15) is 0 Å². The van der Waals surface area contributed by atoms with Crippen molar-refractivity contribution in [2.45, 2.75) is 6.92 Å². The van der Waals surface area contributed by atoms with Gasteiger partial charge < -0.3 is 4.52 Å². The van der Waals surface area contributed by atoms with Crippen molar-refractivity contribution in [1.29, 1.82) is 0 Å². The zero-order chi connectivity index (χ0) is 13.2. The molecular weight excluding hydrogens is 304 g/mol. The van der Waals surface area contributed by atoms with Crippen molar-refractivity contribution in [3.63, 3.8) is 0 Å². The fourth-order valence-corrected chi connectivity index (χ4v) is 2.10. The molecule has 0 saturated carbocycles. The average Bonchev–Trinajstić information content (AvgIpc) is 2.89.